The Kier molecular flexibility index (Phi) is 3.64. The largest absolute Gasteiger partial charge is 0.273 e. The van der Waals surface area contributed by atoms with Gasteiger partial charge in [0.15, 0.2) is 0 Å². The molecule has 2 N–H and O–H groups in total. The molecule has 5 heteroatoms. The molecule has 90 valence electrons. The van der Waals surface area contributed by atoms with Gasteiger partial charge in [-0.2, -0.15) is 0 Å². The van der Waals surface area contributed by atoms with Crippen molar-refractivity contribution in [2.75, 3.05) is 5.88 Å². The number of carbonyl (C=O) groups is 2. The molecule has 0 saturated heterocycles. The molecule has 0 unspecified atom stereocenters. The minimum absolute atomic E-state index is 0.0481. The maximum Gasteiger partial charge on any atom is 0.253 e. The first kappa shape index (κ1) is 11.9. The molecule has 0 bridgehead atoms. The number of hydrogen-bond acceptors (Lipinski definition) is 2. The molecule has 1 aliphatic rings. The third kappa shape index (κ3) is 2.97. The van der Waals surface area contributed by atoms with Gasteiger partial charge in [0.05, 0.1) is 0 Å². The normalized spacial score (nSPS) is 21.7. The lowest BCUT2D eigenvalue weighted by Crippen LogP contribution is -2.43. The first-order valence-corrected chi connectivity index (χ1v) is 5.95. The third-order valence-corrected chi connectivity index (χ3v) is 3.04. The van der Waals surface area contributed by atoms with E-state index in [1.807, 2.05) is 30.3 Å². The molecule has 0 radical (unpaired) electrons. The van der Waals surface area contributed by atoms with E-state index in [-0.39, 0.29) is 23.6 Å². The van der Waals surface area contributed by atoms with E-state index in [1.54, 1.807) is 0 Å². The zero-order valence-corrected chi connectivity index (χ0v) is 9.91. The van der Waals surface area contributed by atoms with Crippen LogP contribution in [0.2, 0.25) is 0 Å². The Hall–Kier alpha value is -1.55. The van der Waals surface area contributed by atoms with Crippen LogP contribution in [0, 0.1) is 5.92 Å². The highest BCUT2D eigenvalue weighted by atomic mass is 35.5. The van der Waals surface area contributed by atoms with Gasteiger partial charge >= 0.3 is 0 Å². The molecule has 0 heterocycles. The number of rotatable bonds is 3. The fourth-order valence-electron chi connectivity index (χ4n) is 1.81. The molecular weight excluding hydrogens is 240 g/mol. The van der Waals surface area contributed by atoms with Crippen LogP contribution in [-0.4, -0.2) is 17.7 Å². The summed E-state index contributed by atoms with van der Waals surface area (Å²) in [7, 11) is 0. The molecule has 17 heavy (non-hydrogen) atoms. The Morgan fingerprint density at radius 2 is 1.94 bits per heavy atom. The highest BCUT2D eigenvalue weighted by Crippen LogP contribution is 2.47. The summed E-state index contributed by atoms with van der Waals surface area (Å²) in [5.74, 6) is -0.501. The van der Waals surface area contributed by atoms with Gasteiger partial charge < -0.3 is 0 Å². The van der Waals surface area contributed by atoms with Crippen molar-refractivity contribution < 1.29 is 9.59 Å². The van der Waals surface area contributed by atoms with Gasteiger partial charge in [-0.3, -0.25) is 20.4 Å². The fourth-order valence-corrected chi connectivity index (χ4v) is 1.88. The zero-order valence-electron chi connectivity index (χ0n) is 9.15. The number of carbonyl (C=O) groups excluding carboxylic acids is 2. The average molecular weight is 253 g/mol. The van der Waals surface area contributed by atoms with E-state index >= 15 is 0 Å². The summed E-state index contributed by atoms with van der Waals surface area (Å²) >= 11 is 5.29. The second-order valence-corrected chi connectivity index (χ2v) is 4.30. The predicted octanol–water partition coefficient (Wildman–Crippen LogP) is 1.18. The van der Waals surface area contributed by atoms with Crippen LogP contribution in [0.3, 0.4) is 0 Å². The highest BCUT2D eigenvalue weighted by Gasteiger charge is 2.43. The van der Waals surface area contributed by atoms with E-state index in [0.717, 1.165) is 12.0 Å². The molecule has 1 fully saturated rings. The summed E-state index contributed by atoms with van der Waals surface area (Å²) in [4.78, 5) is 22.5. The lowest BCUT2D eigenvalue weighted by Gasteiger charge is -2.05. The number of hydrazine groups is 1. The zero-order chi connectivity index (χ0) is 12.3. The molecule has 4 nitrogen and oxygen atoms in total. The molecule has 2 amide bonds. The first-order valence-electron chi connectivity index (χ1n) is 5.42. The molecule has 1 aromatic rings. The monoisotopic (exact) mass is 252 g/mol. The van der Waals surface area contributed by atoms with Crippen molar-refractivity contribution in [1.29, 1.82) is 0 Å². The predicted molar refractivity (Wildman–Crippen MR) is 64.3 cm³/mol. The van der Waals surface area contributed by atoms with Crippen LogP contribution in [0.5, 0.6) is 0 Å². The topological polar surface area (TPSA) is 58.2 Å². The molecule has 1 aliphatic carbocycles. The summed E-state index contributed by atoms with van der Waals surface area (Å²) in [5, 5.41) is 0. The van der Waals surface area contributed by atoms with Crippen molar-refractivity contribution in [3.05, 3.63) is 35.9 Å². The fraction of sp³-hybridized carbons (Fsp3) is 0.333. The average Bonchev–Trinajstić information content (AvgIpc) is 3.17. The number of amides is 2. The Morgan fingerprint density at radius 1 is 1.24 bits per heavy atom. The van der Waals surface area contributed by atoms with E-state index in [1.165, 1.54) is 0 Å². The minimum Gasteiger partial charge on any atom is -0.273 e. The molecule has 0 aliphatic heterocycles. The van der Waals surface area contributed by atoms with Crippen LogP contribution in [-0.2, 0) is 9.59 Å². The van der Waals surface area contributed by atoms with Gasteiger partial charge in [-0.15, -0.1) is 11.6 Å². The van der Waals surface area contributed by atoms with Crippen LogP contribution < -0.4 is 10.9 Å². The van der Waals surface area contributed by atoms with Gasteiger partial charge in [-0.25, -0.2) is 0 Å². The van der Waals surface area contributed by atoms with E-state index < -0.39 is 5.91 Å². The van der Waals surface area contributed by atoms with E-state index in [9.17, 15) is 9.59 Å². The van der Waals surface area contributed by atoms with Crippen LogP contribution in [0.25, 0.3) is 0 Å². The maximum absolute atomic E-state index is 11.6. The summed E-state index contributed by atoms with van der Waals surface area (Å²) < 4.78 is 0. The summed E-state index contributed by atoms with van der Waals surface area (Å²) in [5.41, 5.74) is 5.79. The van der Waals surface area contributed by atoms with E-state index in [0.29, 0.717) is 0 Å². The maximum atomic E-state index is 11.6. The Bertz CT molecular complexity index is 422. The molecule has 0 aromatic heterocycles. The van der Waals surface area contributed by atoms with Gasteiger partial charge in [0.2, 0.25) is 5.91 Å². The summed E-state index contributed by atoms with van der Waals surface area (Å²) in [6, 6.07) is 9.88. The molecule has 2 atom stereocenters. The second-order valence-electron chi connectivity index (χ2n) is 4.03. The van der Waals surface area contributed by atoms with Crippen molar-refractivity contribution in [3.8, 4) is 0 Å². The van der Waals surface area contributed by atoms with E-state index in [4.69, 9.17) is 11.6 Å². The third-order valence-electron chi connectivity index (χ3n) is 2.80. The van der Waals surface area contributed by atoms with Gasteiger partial charge in [0, 0.05) is 5.92 Å². The molecule has 0 spiro atoms. The summed E-state index contributed by atoms with van der Waals surface area (Å²) in [6.45, 7) is 0. The lowest BCUT2D eigenvalue weighted by molar-refractivity contribution is -0.128. The standard InChI is InChI=1S/C12H13ClN2O2/c13-7-11(16)14-15-12(17)10-6-9(10)8-4-2-1-3-5-8/h1-5,9-10H,6-7H2,(H,14,16)(H,15,17)/t9-,10-/m0/s1. The molecule has 2 rings (SSSR count). The molecule has 1 saturated carbocycles. The Balaban J connectivity index is 1.83. The van der Waals surface area contributed by atoms with Crippen molar-refractivity contribution >= 4 is 23.4 Å². The van der Waals surface area contributed by atoms with Gasteiger partial charge in [-0.1, -0.05) is 30.3 Å². The number of nitrogens with one attached hydrogen (secondary N) is 2. The summed E-state index contributed by atoms with van der Waals surface area (Å²) in [6.07, 6.45) is 0.826. The van der Waals surface area contributed by atoms with E-state index in [2.05, 4.69) is 10.9 Å². The van der Waals surface area contributed by atoms with Crippen molar-refractivity contribution in [3.63, 3.8) is 0 Å². The van der Waals surface area contributed by atoms with Crippen molar-refractivity contribution in [2.24, 2.45) is 5.92 Å². The van der Waals surface area contributed by atoms with Gasteiger partial charge in [0.25, 0.3) is 5.91 Å². The number of hydrogen-bond donors (Lipinski definition) is 2. The van der Waals surface area contributed by atoms with Crippen LogP contribution >= 0.6 is 11.6 Å². The molecular formula is C12H13ClN2O2. The van der Waals surface area contributed by atoms with Crippen LogP contribution in [0.15, 0.2) is 30.3 Å². The van der Waals surface area contributed by atoms with Gasteiger partial charge in [-0.05, 0) is 17.9 Å². The number of halogens is 1. The Labute approximate surface area is 104 Å². The number of alkyl halides is 1. The smallest absolute Gasteiger partial charge is 0.253 e. The number of benzene rings is 1. The van der Waals surface area contributed by atoms with Crippen LogP contribution in [0.1, 0.15) is 17.9 Å². The van der Waals surface area contributed by atoms with Crippen LogP contribution in [0.4, 0.5) is 0 Å². The van der Waals surface area contributed by atoms with Crippen molar-refractivity contribution in [1.82, 2.24) is 10.9 Å². The Morgan fingerprint density at radius 3 is 2.59 bits per heavy atom. The highest BCUT2D eigenvalue weighted by molar-refractivity contribution is 6.27. The quantitative estimate of drug-likeness (QED) is 0.627. The minimum atomic E-state index is -0.406. The lowest BCUT2D eigenvalue weighted by atomic mass is 10.1. The first-order chi connectivity index (χ1) is 8.22. The second kappa shape index (κ2) is 5.19. The SMILES string of the molecule is O=C(CCl)NNC(=O)[C@H]1C[C@H]1c1ccccc1. The molecule has 1 aromatic carbocycles. The van der Waals surface area contributed by atoms with Gasteiger partial charge in [0.1, 0.15) is 5.88 Å². The van der Waals surface area contributed by atoms with Crippen molar-refractivity contribution in [2.45, 2.75) is 12.3 Å².